The van der Waals surface area contributed by atoms with E-state index in [0.29, 0.717) is 10.7 Å². The van der Waals surface area contributed by atoms with Gasteiger partial charge in [-0.15, -0.1) is 5.10 Å². The topological polar surface area (TPSA) is 104 Å². The van der Waals surface area contributed by atoms with Crippen LogP contribution >= 0.6 is 23.1 Å². The Morgan fingerprint density at radius 1 is 1.56 bits per heavy atom. The number of aromatic nitrogens is 2. The number of halogens is 1. The van der Waals surface area contributed by atoms with Crippen LogP contribution in [0.3, 0.4) is 0 Å². The number of rotatable bonds is 4. The molecule has 2 rings (SSSR count). The van der Waals surface area contributed by atoms with Crippen molar-refractivity contribution in [3.05, 3.63) is 39.0 Å². The first-order valence-electron chi connectivity index (χ1n) is 4.71. The van der Waals surface area contributed by atoms with Crippen molar-refractivity contribution in [2.75, 3.05) is 5.73 Å². The molecule has 9 heteroatoms. The Bertz CT molecular complexity index is 589. The Hall–Kier alpha value is -1.93. The van der Waals surface area contributed by atoms with Crippen molar-refractivity contribution in [2.45, 2.75) is 6.61 Å². The second kappa shape index (κ2) is 5.15. The van der Waals surface area contributed by atoms with Gasteiger partial charge in [-0.2, -0.15) is 0 Å². The summed E-state index contributed by atoms with van der Waals surface area (Å²) in [6.07, 6.45) is 0. The number of hydrogen-bond acceptors (Lipinski definition) is 7. The monoisotopic (exact) mass is 286 g/mol. The fourth-order valence-electron chi connectivity index (χ4n) is 1.22. The first-order chi connectivity index (χ1) is 8.58. The number of nitro groups is 1. The number of nitrogens with two attached hydrogens (primary N) is 1. The second-order valence-corrected chi connectivity index (χ2v) is 4.46. The van der Waals surface area contributed by atoms with E-state index in [1.54, 1.807) is 0 Å². The van der Waals surface area contributed by atoms with Crippen molar-refractivity contribution in [1.82, 2.24) is 9.59 Å². The molecule has 0 aliphatic heterocycles. The molecule has 18 heavy (non-hydrogen) atoms. The molecule has 0 saturated heterocycles. The van der Waals surface area contributed by atoms with Crippen molar-refractivity contribution < 1.29 is 9.66 Å². The third-order valence-corrected chi connectivity index (χ3v) is 2.90. The molecule has 1 aromatic heterocycles. The number of anilines is 1. The van der Waals surface area contributed by atoms with Gasteiger partial charge in [0.15, 0.2) is 5.75 Å². The van der Waals surface area contributed by atoms with E-state index in [-0.39, 0.29) is 23.1 Å². The largest absolute Gasteiger partial charge is 0.480 e. The average Bonchev–Trinajstić information content (AvgIpc) is 2.73. The van der Waals surface area contributed by atoms with Gasteiger partial charge in [0.25, 0.3) is 0 Å². The lowest BCUT2D eigenvalue weighted by Crippen LogP contribution is -2.01. The van der Waals surface area contributed by atoms with Crippen LogP contribution in [0.25, 0.3) is 0 Å². The Morgan fingerprint density at radius 2 is 2.33 bits per heavy atom. The fourth-order valence-corrected chi connectivity index (χ4v) is 1.82. The number of ether oxygens (including phenoxy) is 1. The summed E-state index contributed by atoms with van der Waals surface area (Å²) in [6, 6.07) is 4.16. The molecule has 0 amide bonds. The summed E-state index contributed by atoms with van der Waals surface area (Å²) in [5.41, 5.74) is 5.83. The normalized spacial score (nSPS) is 10.3. The zero-order valence-electron chi connectivity index (χ0n) is 8.87. The minimum atomic E-state index is -0.566. The maximum Gasteiger partial charge on any atom is 0.312 e. The average molecular weight is 287 g/mol. The molecule has 0 aliphatic carbocycles. The number of nitro benzene ring substituents is 1. The summed E-state index contributed by atoms with van der Waals surface area (Å²) in [7, 11) is 0. The van der Waals surface area contributed by atoms with Gasteiger partial charge in [0.2, 0.25) is 0 Å². The van der Waals surface area contributed by atoms with Crippen LogP contribution in [-0.4, -0.2) is 14.5 Å². The molecule has 0 fully saturated rings. The van der Waals surface area contributed by atoms with E-state index in [0.717, 1.165) is 11.5 Å². The number of benzene rings is 1. The molecule has 7 nitrogen and oxygen atoms in total. The fraction of sp³-hybridized carbons (Fsp3) is 0.111. The van der Waals surface area contributed by atoms with Gasteiger partial charge in [0.05, 0.1) is 4.92 Å². The highest BCUT2D eigenvalue weighted by molar-refractivity contribution is 7.09. The summed E-state index contributed by atoms with van der Waals surface area (Å²) in [5.74, 6) is 0.108. The van der Waals surface area contributed by atoms with Gasteiger partial charge >= 0.3 is 5.69 Å². The molecule has 0 bridgehead atoms. The molecule has 0 radical (unpaired) electrons. The van der Waals surface area contributed by atoms with Crippen molar-refractivity contribution >= 4 is 33.8 Å². The van der Waals surface area contributed by atoms with Crippen LogP contribution in [0.5, 0.6) is 5.75 Å². The quantitative estimate of drug-likeness (QED) is 0.683. The van der Waals surface area contributed by atoms with Crippen LogP contribution in [0, 0.1) is 10.1 Å². The predicted octanol–water partition coefficient (Wildman–Crippen LogP) is 2.26. The molecular weight excluding hydrogens is 280 g/mol. The highest BCUT2D eigenvalue weighted by Crippen LogP contribution is 2.30. The van der Waals surface area contributed by atoms with E-state index in [2.05, 4.69) is 9.59 Å². The maximum absolute atomic E-state index is 10.8. The van der Waals surface area contributed by atoms with E-state index in [1.165, 1.54) is 18.2 Å². The van der Waals surface area contributed by atoms with Gasteiger partial charge in [-0.3, -0.25) is 10.1 Å². The van der Waals surface area contributed by atoms with E-state index in [1.807, 2.05) is 0 Å². The predicted molar refractivity (Wildman–Crippen MR) is 66.8 cm³/mol. The first-order valence-corrected chi connectivity index (χ1v) is 5.86. The van der Waals surface area contributed by atoms with Crippen molar-refractivity contribution in [1.29, 1.82) is 0 Å². The van der Waals surface area contributed by atoms with Crippen LogP contribution in [-0.2, 0) is 6.61 Å². The van der Waals surface area contributed by atoms with Crippen LogP contribution in [0.2, 0.25) is 5.02 Å². The van der Waals surface area contributed by atoms with E-state index >= 15 is 0 Å². The SMILES string of the molecule is Nc1snnc1COc1ccc(Cl)cc1[N+](=O)[O-]. The molecule has 0 atom stereocenters. The molecular formula is C9H7ClN4O3S. The highest BCUT2D eigenvalue weighted by atomic mass is 35.5. The molecule has 0 spiro atoms. The standard InChI is InChI=1S/C9H7ClN4O3S/c10-5-1-2-8(7(3-5)14(15)16)17-4-6-9(11)18-13-12-6/h1-3H,4,11H2. The Morgan fingerprint density at radius 3 is 2.94 bits per heavy atom. The van der Waals surface area contributed by atoms with Crippen LogP contribution in [0.4, 0.5) is 10.7 Å². The molecule has 1 heterocycles. The molecule has 0 saturated carbocycles. The molecule has 2 N–H and O–H groups in total. The minimum Gasteiger partial charge on any atom is -0.480 e. The van der Waals surface area contributed by atoms with Crippen LogP contribution in [0.1, 0.15) is 5.69 Å². The van der Waals surface area contributed by atoms with E-state index in [4.69, 9.17) is 22.1 Å². The lowest BCUT2D eigenvalue weighted by Gasteiger charge is -2.05. The molecule has 2 aromatic rings. The molecule has 1 aromatic carbocycles. The molecule has 0 aliphatic rings. The number of nitrogen functional groups attached to an aromatic ring is 1. The van der Waals surface area contributed by atoms with Crippen LogP contribution < -0.4 is 10.5 Å². The van der Waals surface area contributed by atoms with Gasteiger partial charge in [-0.1, -0.05) is 16.1 Å². The smallest absolute Gasteiger partial charge is 0.312 e. The maximum atomic E-state index is 10.8. The second-order valence-electron chi connectivity index (χ2n) is 3.24. The zero-order chi connectivity index (χ0) is 13.1. The Labute approximate surface area is 110 Å². The summed E-state index contributed by atoms with van der Waals surface area (Å²) < 4.78 is 8.94. The van der Waals surface area contributed by atoms with E-state index in [9.17, 15) is 10.1 Å². The first kappa shape index (κ1) is 12.5. The highest BCUT2D eigenvalue weighted by Gasteiger charge is 2.16. The lowest BCUT2D eigenvalue weighted by molar-refractivity contribution is -0.385. The minimum absolute atomic E-state index is 0.0187. The summed E-state index contributed by atoms with van der Waals surface area (Å²) >= 11 is 6.72. The van der Waals surface area contributed by atoms with Gasteiger partial charge < -0.3 is 10.5 Å². The Kier molecular flexibility index (Phi) is 3.58. The van der Waals surface area contributed by atoms with Gasteiger partial charge in [0.1, 0.15) is 17.3 Å². The summed E-state index contributed by atoms with van der Waals surface area (Å²) in [5, 5.41) is 15.3. The molecule has 0 unspecified atom stereocenters. The Balaban J connectivity index is 2.19. The third kappa shape index (κ3) is 2.66. The van der Waals surface area contributed by atoms with Gasteiger partial charge in [-0.05, 0) is 12.1 Å². The van der Waals surface area contributed by atoms with Crippen LogP contribution in [0.15, 0.2) is 18.2 Å². The zero-order valence-corrected chi connectivity index (χ0v) is 10.4. The third-order valence-electron chi connectivity index (χ3n) is 2.07. The lowest BCUT2D eigenvalue weighted by atomic mass is 10.3. The van der Waals surface area contributed by atoms with Crippen molar-refractivity contribution in [2.24, 2.45) is 0 Å². The van der Waals surface area contributed by atoms with E-state index < -0.39 is 4.92 Å². The van der Waals surface area contributed by atoms with Gasteiger partial charge in [-0.25, -0.2) is 0 Å². The van der Waals surface area contributed by atoms with Crippen molar-refractivity contribution in [3.63, 3.8) is 0 Å². The molecule has 94 valence electrons. The summed E-state index contributed by atoms with van der Waals surface area (Å²) in [6.45, 7) is 0.0187. The van der Waals surface area contributed by atoms with Crippen molar-refractivity contribution in [3.8, 4) is 5.75 Å². The summed E-state index contributed by atoms with van der Waals surface area (Å²) in [4.78, 5) is 10.3. The number of hydrogen-bond donors (Lipinski definition) is 1. The number of nitrogens with zero attached hydrogens (tertiary/aromatic N) is 3. The van der Waals surface area contributed by atoms with Gasteiger partial charge in [0, 0.05) is 22.6 Å².